The van der Waals surface area contributed by atoms with Crippen molar-refractivity contribution >= 4 is 37.5 Å². The molecule has 2 aliphatic rings. The molecule has 11 nitrogen and oxygen atoms in total. The molecule has 0 saturated heterocycles. The number of hydrogen-bond donors (Lipinski definition) is 3. The van der Waals surface area contributed by atoms with Crippen LogP contribution in [0.1, 0.15) is 31.7 Å². The van der Waals surface area contributed by atoms with Crippen LogP contribution < -0.4 is 22.4 Å². The SMILES string of the molecule is N=C(N)C1CCC(CNC(=O)[C@@H]2C=CCn3c(=O)n(CCS(=O)(=O)c4ccc(Br)cc4)c(=O)n32)CC1. The molecule has 13 heteroatoms. The molecule has 1 atom stereocenters. The second kappa shape index (κ2) is 10.6. The lowest BCUT2D eigenvalue weighted by Crippen LogP contribution is -2.42. The Morgan fingerprint density at radius 3 is 2.42 bits per heavy atom. The number of halogens is 1. The van der Waals surface area contributed by atoms with Crippen molar-refractivity contribution in [2.45, 2.75) is 49.7 Å². The van der Waals surface area contributed by atoms with Gasteiger partial charge in [0.25, 0.3) is 0 Å². The summed E-state index contributed by atoms with van der Waals surface area (Å²) < 4.78 is 29.3. The molecule has 0 spiro atoms. The maximum Gasteiger partial charge on any atom is 0.348 e. The average molecular weight is 581 g/mol. The first kappa shape index (κ1) is 26.1. The molecule has 1 aromatic heterocycles. The number of fused-ring (bicyclic) bond motifs is 1. The quantitative estimate of drug-likeness (QED) is 0.240. The van der Waals surface area contributed by atoms with Crippen LogP contribution in [0.2, 0.25) is 0 Å². The highest BCUT2D eigenvalue weighted by Crippen LogP contribution is 2.28. The molecule has 1 saturated carbocycles. The van der Waals surface area contributed by atoms with Crippen LogP contribution in [0.4, 0.5) is 0 Å². The van der Waals surface area contributed by atoms with Gasteiger partial charge < -0.3 is 11.1 Å². The van der Waals surface area contributed by atoms with E-state index >= 15 is 0 Å². The van der Waals surface area contributed by atoms with Crippen molar-refractivity contribution in [1.29, 1.82) is 5.41 Å². The Morgan fingerprint density at radius 2 is 1.78 bits per heavy atom. The van der Waals surface area contributed by atoms with Gasteiger partial charge in [-0.15, -0.1) is 0 Å². The third-order valence-electron chi connectivity index (χ3n) is 6.88. The highest BCUT2D eigenvalue weighted by molar-refractivity contribution is 9.10. The molecule has 194 valence electrons. The molecule has 0 bridgehead atoms. The van der Waals surface area contributed by atoms with Crippen molar-refractivity contribution in [2.75, 3.05) is 12.3 Å². The predicted molar refractivity (Wildman–Crippen MR) is 138 cm³/mol. The smallest absolute Gasteiger partial charge is 0.348 e. The van der Waals surface area contributed by atoms with E-state index in [9.17, 15) is 22.8 Å². The highest BCUT2D eigenvalue weighted by atomic mass is 79.9. The fraction of sp³-hybridized carbons (Fsp3) is 0.478. The second-order valence-electron chi connectivity index (χ2n) is 9.21. The van der Waals surface area contributed by atoms with Crippen molar-refractivity contribution < 1.29 is 13.2 Å². The van der Waals surface area contributed by atoms with Gasteiger partial charge in [0.1, 0.15) is 0 Å². The molecule has 1 aliphatic carbocycles. The Bertz CT molecular complexity index is 1400. The molecule has 2 aromatic rings. The van der Waals surface area contributed by atoms with Gasteiger partial charge in [0, 0.05) is 23.5 Å². The largest absolute Gasteiger partial charge is 0.387 e. The van der Waals surface area contributed by atoms with Crippen LogP contribution in [0.3, 0.4) is 0 Å². The third-order valence-corrected chi connectivity index (χ3v) is 9.11. The number of benzene rings is 1. The number of amidine groups is 1. The molecular formula is C23H29BrN6O5S. The van der Waals surface area contributed by atoms with Gasteiger partial charge in [-0.25, -0.2) is 31.9 Å². The van der Waals surface area contributed by atoms with Gasteiger partial charge in [0.15, 0.2) is 15.9 Å². The number of carbonyl (C=O) groups is 1. The van der Waals surface area contributed by atoms with Crippen molar-refractivity contribution in [3.05, 3.63) is 61.9 Å². The molecule has 1 fully saturated rings. The Morgan fingerprint density at radius 1 is 1.11 bits per heavy atom. The van der Waals surface area contributed by atoms with Gasteiger partial charge in [-0.1, -0.05) is 28.1 Å². The Hall–Kier alpha value is -2.93. The van der Waals surface area contributed by atoms with Crippen LogP contribution in [0.25, 0.3) is 0 Å². The van der Waals surface area contributed by atoms with Crippen molar-refractivity contribution in [3.63, 3.8) is 0 Å². The number of rotatable bonds is 8. The first-order valence-corrected chi connectivity index (χ1v) is 14.2. The molecule has 0 unspecified atom stereocenters. The second-order valence-corrected chi connectivity index (χ2v) is 12.2. The summed E-state index contributed by atoms with van der Waals surface area (Å²) in [6.07, 6.45) is 6.53. The summed E-state index contributed by atoms with van der Waals surface area (Å²) in [4.78, 5) is 39.1. The fourth-order valence-electron chi connectivity index (χ4n) is 4.73. The number of nitrogens with two attached hydrogens (primary N) is 1. The number of nitrogens with one attached hydrogen (secondary N) is 2. The normalized spacial score (nSPS) is 21.6. The van der Waals surface area contributed by atoms with Crippen molar-refractivity contribution in [1.82, 2.24) is 19.2 Å². The predicted octanol–water partition coefficient (Wildman–Crippen LogP) is 1.02. The zero-order valence-corrected chi connectivity index (χ0v) is 22.0. The Kier molecular flexibility index (Phi) is 7.69. The first-order valence-electron chi connectivity index (χ1n) is 11.8. The summed E-state index contributed by atoms with van der Waals surface area (Å²) in [5.41, 5.74) is 4.21. The van der Waals surface area contributed by atoms with Crippen LogP contribution >= 0.6 is 15.9 Å². The number of sulfone groups is 1. The molecule has 0 radical (unpaired) electrons. The topological polar surface area (TPSA) is 162 Å². The molecule has 4 N–H and O–H groups in total. The van der Waals surface area contributed by atoms with E-state index in [0.717, 1.165) is 44.1 Å². The number of nitrogens with zero attached hydrogens (tertiary/aromatic N) is 3. The van der Waals surface area contributed by atoms with Gasteiger partial charge in [0.05, 0.1) is 23.0 Å². The van der Waals surface area contributed by atoms with Gasteiger partial charge >= 0.3 is 11.4 Å². The number of amides is 1. The average Bonchev–Trinajstić information content (AvgIpc) is 3.11. The summed E-state index contributed by atoms with van der Waals surface area (Å²) in [7, 11) is -3.72. The number of aromatic nitrogens is 3. The molecule has 4 rings (SSSR count). The molecule has 36 heavy (non-hydrogen) atoms. The van der Waals surface area contributed by atoms with Gasteiger partial charge in [-0.2, -0.15) is 0 Å². The molecule has 1 amide bonds. The zero-order valence-electron chi connectivity index (χ0n) is 19.6. The third kappa shape index (κ3) is 5.41. The van der Waals surface area contributed by atoms with E-state index in [0.29, 0.717) is 6.54 Å². The van der Waals surface area contributed by atoms with Gasteiger partial charge in [-0.05, 0) is 55.9 Å². The highest BCUT2D eigenvalue weighted by Gasteiger charge is 2.30. The lowest BCUT2D eigenvalue weighted by atomic mass is 9.81. The van der Waals surface area contributed by atoms with Crippen LogP contribution in [-0.4, -0.2) is 46.4 Å². The maximum absolute atomic E-state index is 13.1. The maximum atomic E-state index is 13.1. The Labute approximate surface area is 216 Å². The van der Waals surface area contributed by atoms with E-state index < -0.39 is 38.9 Å². The summed E-state index contributed by atoms with van der Waals surface area (Å²) in [6, 6.07) is 5.12. The zero-order chi connectivity index (χ0) is 26.0. The molecule has 2 heterocycles. The minimum atomic E-state index is -3.72. The van der Waals surface area contributed by atoms with E-state index in [4.69, 9.17) is 11.1 Å². The van der Waals surface area contributed by atoms with E-state index in [1.807, 2.05) is 0 Å². The van der Waals surface area contributed by atoms with E-state index in [-0.39, 0.29) is 35.7 Å². The van der Waals surface area contributed by atoms with E-state index in [1.54, 1.807) is 24.3 Å². The molecule has 1 aliphatic heterocycles. The minimum absolute atomic E-state index is 0.0959. The fourth-order valence-corrected chi connectivity index (χ4v) is 6.21. The standard InChI is InChI=1S/C23H29BrN6O5S/c24-17-7-9-18(10-8-17)36(34,35)13-12-28-22(32)29-11-1-2-19(30(29)23(28)33)21(31)27-14-15-3-5-16(6-4-15)20(25)26/h1-2,7-10,15-16,19H,3-6,11-14H2,(H3,25,26)(H,27,31)/t15?,16?,19-/m0/s1. The molecule has 1 aromatic carbocycles. The number of carbonyl (C=O) groups excluding carboxylic acids is 1. The molecular weight excluding hydrogens is 552 g/mol. The van der Waals surface area contributed by atoms with Crippen LogP contribution in [0, 0.1) is 17.2 Å². The van der Waals surface area contributed by atoms with Crippen molar-refractivity contribution in [3.8, 4) is 0 Å². The summed E-state index contributed by atoms with van der Waals surface area (Å²) >= 11 is 3.26. The van der Waals surface area contributed by atoms with Crippen LogP contribution in [0.15, 0.2) is 55.4 Å². The Balaban J connectivity index is 1.45. The van der Waals surface area contributed by atoms with Crippen LogP contribution in [0.5, 0.6) is 0 Å². The monoisotopic (exact) mass is 580 g/mol. The minimum Gasteiger partial charge on any atom is -0.387 e. The van der Waals surface area contributed by atoms with Crippen molar-refractivity contribution in [2.24, 2.45) is 17.6 Å². The van der Waals surface area contributed by atoms with E-state index in [1.165, 1.54) is 12.1 Å². The lowest BCUT2D eigenvalue weighted by molar-refractivity contribution is -0.124. The first-order chi connectivity index (χ1) is 17.1. The van der Waals surface area contributed by atoms with Crippen LogP contribution in [-0.2, 0) is 27.7 Å². The number of allylic oxidation sites excluding steroid dienone is 1. The van der Waals surface area contributed by atoms with Gasteiger partial charge in [0.2, 0.25) is 5.91 Å². The summed E-state index contributed by atoms with van der Waals surface area (Å²) in [6.45, 7) is 0.217. The summed E-state index contributed by atoms with van der Waals surface area (Å²) in [5.74, 6) is -0.282. The van der Waals surface area contributed by atoms with Gasteiger partial charge in [-0.3, -0.25) is 10.2 Å². The summed E-state index contributed by atoms with van der Waals surface area (Å²) in [5, 5.41) is 10.5. The van der Waals surface area contributed by atoms with E-state index in [2.05, 4.69) is 21.2 Å². The lowest BCUT2D eigenvalue weighted by Gasteiger charge is -2.28. The number of hydrogen-bond acceptors (Lipinski definition) is 6.